The molecule has 110 valence electrons. The van der Waals surface area contributed by atoms with Crippen LogP contribution in [0.5, 0.6) is 0 Å². The highest BCUT2D eigenvalue weighted by atomic mass is 16.1. The van der Waals surface area contributed by atoms with E-state index in [1.807, 2.05) is 49.4 Å². The van der Waals surface area contributed by atoms with E-state index >= 15 is 0 Å². The summed E-state index contributed by atoms with van der Waals surface area (Å²) in [6.45, 7) is 2.33. The average Bonchev–Trinajstić information content (AvgIpc) is 2.96. The second kappa shape index (κ2) is 6.22. The first-order valence-electron chi connectivity index (χ1n) is 7.03. The van der Waals surface area contributed by atoms with Gasteiger partial charge in [0.1, 0.15) is 5.69 Å². The highest BCUT2D eigenvalue weighted by molar-refractivity contribution is 5.95. The van der Waals surface area contributed by atoms with Crippen LogP contribution in [0.1, 0.15) is 21.6 Å². The average molecular weight is 292 g/mol. The maximum absolute atomic E-state index is 12.3. The highest BCUT2D eigenvalue weighted by Gasteiger charge is 2.16. The highest BCUT2D eigenvalue weighted by Crippen LogP contribution is 2.22. The van der Waals surface area contributed by atoms with Gasteiger partial charge >= 0.3 is 0 Å². The molecular formula is C17H16N4O. The summed E-state index contributed by atoms with van der Waals surface area (Å²) >= 11 is 0. The minimum absolute atomic E-state index is 0.170. The molecule has 22 heavy (non-hydrogen) atoms. The lowest BCUT2D eigenvalue weighted by molar-refractivity contribution is 0.0945. The van der Waals surface area contributed by atoms with Crippen LogP contribution in [0.25, 0.3) is 11.3 Å². The number of nitrogens with zero attached hydrogens (tertiary/aromatic N) is 2. The van der Waals surface area contributed by atoms with E-state index in [0.29, 0.717) is 12.2 Å². The maximum Gasteiger partial charge on any atom is 0.269 e. The van der Waals surface area contributed by atoms with Crippen molar-refractivity contribution in [3.63, 3.8) is 0 Å². The molecular weight excluding hydrogens is 276 g/mol. The Morgan fingerprint density at radius 2 is 2.00 bits per heavy atom. The van der Waals surface area contributed by atoms with Crippen molar-refractivity contribution < 1.29 is 4.79 Å². The standard InChI is InChI=1S/C17H16N4O/c1-12-15(14-7-3-2-4-8-14)20-21-16(12)17(22)19-11-13-6-5-9-18-10-13/h2-10H,11H2,1H3,(H,19,22)(H,20,21). The third-order valence-electron chi connectivity index (χ3n) is 3.46. The predicted molar refractivity (Wildman–Crippen MR) is 84.2 cm³/mol. The van der Waals surface area contributed by atoms with Crippen molar-refractivity contribution in [1.29, 1.82) is 0 Å². The fourth-order valence-corrected chi connectivity index (χ4v) is 2.27. The SMILES string of the molecule is Cc1c(-c2ccccc2)n[nH]c1C(=O)NCc1cccnc1. The molecule has 0 bridgehead atoms. The lowest BCUT2D eigenvalue weighted by atomic mass is 10.1. The number of amides is 1. The number of hydrogen-bond acceptors (Lipinski definition) is 3. The number of rotatable bonds is 4. The zero-order chi connectivity index (χ0) is 15.4. The molecule has 1 amide bonds. The number of nitrogens with one attached hydrogen (secondary N) is 2. The Labute approximate surface area is 128 Å². The molecule has 0 aliphatic heterocycles. The van der Waals surface area contributed by atoms with Gasteiger partial charge in [0.15, 0.2) is 0 Å². The number of aromatic amines is 1. The molecule has 3 rings (SSSR count). The van der Waals surface area contributed by atoms with Crippen LogP contribution in [0.4, 0.5) is 0 Å². The van der Waals surface area contributed by atoms with E-state index in [-0.39, 0.29) is 5.91 Å². The van der Waals surface area contributed by atoms with Gasteiger partial charge in [-0.1, -0.05) is 36.4 Å². The van der Waals surface area contributed by atoms with Crippen molar-refractivity contribution in [3.05, 3.63) is 71.7 Å². The molecule has 0 fully saturated rings. The lowest BCUT2D eigenvalue weighted by Gasteiger charge is -2.04. The van der Waals surface area contributed by atoms with Crippen LogP contribution >= 0.6 is 0 Å². The monoisotopic (exact) mass is 292 g/mol. The molecule has 2 N–H and O–H groups in total. The summed E-state index contributed by atoms with van der Waals surface area (Å²) in [5, 5.41) is 9.97. The molecule has 1 aromatic carbocycles. The molecule has 0 aliphatic rings. The summed E-state index contributed by atoms with van der Waals surface area (Å²) in [5.74, 6) is -0.170. The number of H-pyrrole nitrogens is 1. The first-order chi connectivity index (χ1) is 10.8. The molecule has 2 aromatic heterocycles. The Bertz CT molecular complexity index is 766. The summed E-state index contributed by atoms with van der Waals surface area (Å²) < 4.78 is 0. The van der Waals surface area contributed by atoms with Crippen molar-refractivity contribution in [2.24, 2.45) is 0 Å². The van der Waals surface area contributed by atoms with Crippen molar-refractivity contribution in [1.82, 2.24) is 20.5 Å². The van der Waals surface area contributed by atoms with Crippen molar-refractivity contribution >= 4 is 5.91 Å². The third-order valence-corrected chi connectivity index (χ3v) is 3.46. The van der Waals surface area contributed by atoms with Crippen LogP contribution in [0.15, 0.2) is 54.9 Å². The summed E-state index contributed by atoms with van der Waals surface area (Å²) in [5.41, 5.74) is 4.07. The quantitative estimate of drug-likeness (QED) is 0.776. The van der Waals surface area contributed by atoms with Gasteiger partial charge in [-0.2, -0.15) is 5.10 Å². The van der Waals surface area contributed by atoms with Crippen LogP contribution in [0.3, 0.4) is 0 Å². The fraction of sp³-hybridized carbons (Fsp3) is 0.118. The smallest absolute Gasteiger partial charge is 0.269 e. The molecule has 0 atom stereocenters. The molecule has 0 spiro atoms. The fourth-order valence-electron chi connectivity index (χ4n) is 2.27. The van der Waals surface area contributed by atoms with Crippen molar-refractivity contribution in [3.8, 4) is 11.3 Å². The number of carbonyl (C=O) groups is 1. The number of pyridine rings is 1. The predicted octanol–water partition coefficient (Wildman–Crippen LogP) is 2.71. The molecule has 0 saturated carbocycles. The Morgan fingerprint density at radius 1 is 1.18 bits per heavy atom. The van der Waals surface area contributed by atoms with Gasteiger partial charge in [-0.3, -0.25) is 14.9 Å². The molecule has 5 nitrogen and oxygen atoms in total. The topological polar surface area (TPSA) is 70.7 Å². The number of carbonyl (C=O) groups excluding carboxylic acids is 1. The minimum Gasteiger partial charge on any atom is -0.347 e. The summed E-state index contributed by atoms with van der Waals surface area (Å²) in [6.07, 6.45) is 3.44. The van der Waals surface area contributed by atoms with Crippen molar-refractivity contribution in [2.45, 2.75) is 13.5 Å². The molecule has 2 heterocycles. The molecule has 0 aliphatic carbocycles. The lowest BCUT2D eigenvalue weighted by Crippen LogP contribution is -2.23. The number of aromatic nitrogens is 3. The molecule has 0 unspecified atom stereocenters. The van der Waals surface area contributed by atoms with E-state index < -0.39 is 0 Å². The van der Waals surface area contributed by atoms with Gasteiger partial charge in [0.05, 0.1) is 5.69 Å². The maximum atomic E-state index is 12.3. The van der Waals surface area contributed by atoms with Crippen LogP contribution in [0, 0.1) is 6.92 Å². The van der Waals surface area contributed by atoms with Crippen LogP contribution < -0.4 is 5.32 Å². The van der Waals surface area contributed by atoms with E-state index in [9.17, 15) is 4.79 Å². The zero-order valence-corrected chi connectivity index (χ0v) is 12.2. The summed E-state index contributed by atoms with van der Waals surface area (Å²) in [7, 11) is 0. The van der Waals surface area contributed by atoms with E-state index in [1.165, 1.54) is 0 Å². The summed E-state index contributed by atoms with van der Waals surface area (Å²) in [4.78, 5) is 16.3. The van der Waals surface area contributed by atoms with Crippen molar-refractivity contribution in [2.75, 3.05) is 0 Å². The summed E-state index contributed by atoms with van der Waals surface area (Å²) in [6, 6.07) is 13.6. The van der Waals surface area contributed by atoms with Gasteiger partial charge in [-0.15, -0.1) is 0 Å². The third kappa shape index (κ3) is 2.88. The largest absolute Gasteiger partial charge is 0.347 e. The van der Waals surface area contributed by atoms with Gasteiger partial charge in [0.2, 0.25) is 0 Å². The Morgan fingerprint density at radius 3 is 2.73 bits per heavy atom. The minimum atomic E-state index is -0.170. The Balaban J connectivity index is 1.75. The van der Waals surface area contributed by atoms with E-state index in [4.69, 9.17) is 0 Å². The van der Waals surface area contributed by atoms with Gasteiger partial charge in [-0.25, -0.2) is 0 Å². The second-order valence-electron chi connectivity index (χ2n) is 4.98. The van der Waals surface area contributed by atoms with Gasteiger partial charge < -0.3 is 5.32 Å². The molecule has 3 aromatic rings. The number of hydrogen-bond donors (Lipinski definition) is 2. The van der Waals surface area contributed by atoms with Crippen LogP contribution in [-0.2, 0) is 6.54 Å². The van der Waals surface area contributed by atoms with E-state index in [1.54, 1.807) is 12.4 Å². The Hall–Kier alpha value is -2.95. The normalized spacial score (nSPS) is 10.4. The van der Waals surface area contributed by atoms with Crippen LogP contribution in [0.2, 0.25) is 0 Å². The molecule has 5 heteroatoms. The van der Waals surface area contributed by atoms with Crippen LogP contribution in [-0.4, -0.2) is 21.1 Å². The second-order valence-corrected chi connectivity index (χ2v) is 4.98. The van der Waals surface area contributed by atoms with Gasteiger partial charge in [0, 0.05) is 30.1 Å². The first kappa shape index (κ1) is 14.0. The zero-order valence-electron chi connectivity index (χ0n) is 12.2. The van der Waals surface area contributed by atoms with Gasteiger partial charge in [-0.05, 0) is 18.6 Å². The van der Waals surface area contributed by atoms with E-state index in [2.05, 4.69) is 20.5 Å². The van der Waals surface area contributed by atoms with E-state index in [0.717, 1.165) is 22.4 Å². The molecule has 0 radical (unpaired) electrons. The first-order valence-corrected chi connectivity index (χ1v) is 7.03. The molecule has 0 saturated heterocycles. The number of benzene rings is 1. The van der Waals surface area contributed by atoms with Gasteiger partial charge in [0.25, 0.3) is 5.91 Å². The Kier molecular flexibility index (Phi) is 3.96.